The van der Waals surface area contributed by atoms with E-state index in [1.807, 2.05) is 0 Å². The third-order valence-corrected chi connectivity index (χ3v) is 0.129. The Hall–Kier alpha value is 0.219. The van der Waals surface area contributed by atoms with Crippen LogP contribution in [0, 0.1) is 0 Å². The number of aliphatic hydroxyl groups excluding tert-OH is 1. The SMILES string of the molecule is C=CCO.[Fe]. The molecule has 0 spiro atoms. The van der Waals surface area contributed by atoms with Crippen molar-refractivity contribution in [2.45, 2.75) is 0 Å². The molecule has 0 saturated carbocycles. The molecule has 0 aromatic carbocycles. The van der Waals surface area contributed by atoms with E-state index in [-0.39, 0.29) is 23.7 Å². The van der Waals surface area contributed by atoms with Gasteiger partial charge >= 0.3 is 0 Å². The van der Waals surface area contributed by atoms with Crippen LogP contribution < -0.4 is 0 Å². The molecule has 1 nitrogen and oxygen atoms in total. The van der Waals surface area contributed by atoms with Crippen LogP contribution in [0.2, 0.25) is 0 Å². The van der Waals surface area contributed by atoms with Crippen molar-refractivity contribution in [3.8, 4) is 0 Å². The van der Waals surface area contributed by atoms with Crippen molar-refractivity contribution in [3.63, 3.8) is 0 Å². The van der Waals surface area contributed by atoms with Crippen molar-refractivity contribution >= 4 is 0 Å². The summed E-state index contributed by atoms with van der Waals surface area (Å²) in [4.78, 5) is 0. The van der Waals surface area contributed by atoms with Crippen molar-refractivity contribution in [1.29, 1.82) is 0 Å². The Kier molecular flexibility index (Phi) is 15.9. The molecule has 0 heterocycles. The second-order valence-corrected chi connectivity index (χ2v) is 0.471. The fraction of sp³-hybridized carbons (Fsp3) is 0.333. The summed E-state index contributed by atoms with van der Waals surface area (Å²) in [6.07, 6.45) is 1.43. The van der Waals surface area contributed by atoms with Crippen molar-refractivity contribution in [3.05, 3.63) is 12.7 Å². The molecule has 0 aliphatic rings. The standard InChI is InChI=1S/C3H6O.Fe/c1-2-3-4;/h2,4H,1,3H2;. The fourth-order valence-electron chi connectivity index (χ4n) is 0. The van der Waals surface area contributed by atoms with Gasteiger partial charge in [0.05, 0.1) is 6.61 Å². The van der Waals surface area contributed by atoms with Gasteiger partial charge < -0.3 is 5.11 Å². The summed E-state index contributed by atoms with van der Waals surface area (Å²) in [5, 5.41) is 7.76. The zero-order valence-electron chi connectivity index (χ0n) is 2.79. The van der Waals surface area contributed by atoms with Gasteiger partial charge in [-0.15, -0.1) is 6.58 Å². The van der Waals surface area contributed by atoms with E-state index in [0.717, 1.165) is 0 Å². The zero-order valence-corrected chi connectivity index (χ0v) is 3.90. The van der Waals surface area contributed by atoms with Crippen LogP contribution in [0.4, 0.5) is 0 Å². The molecule has 1 N–H and O–H groups in total. The molecule has 5 heavy (non-hydrogen) atoms. The number of hydrogen-bond donors (Lipinski definition) is 1. The molecule has 32 valence electrons. The van der Waals surface area contributed by atoms with Gasteiger partial charge in [0.2, 0.25) is 0 Å². The van der Waals surface area contributed by atoms with Crippen molar-refractivity contribution in [2.75, 3.05) is 6.61 Å². The monoisotopic (exact) mass is 114 g/mol. The normalized spacial score (nSPS) is 5.00. The maximum atomic E-state index is 7.76. The van der Waals surface area contributed by atoms with Gasteiger partial charge in [0.15, 0.2) is 0 Å². The molecule has 2 heteroatoms. The van der Waals surface area contributed by atoms with Gasteiger partial charge in [-0.25, -0.2) is 0 Å². The summed E-state index contributed by atoms with van der Waals surface area (Å²) in [7, 11) is 0. The topological polar surface area (TPSA) is 20.2 Å². The number of aliphatic hydroxyl groups is 1. The predicted molar refractivity (Wildman–Crippen MR) is 17.3 cm³/mol. The number of hydrogen-bond acceptors (Lipinski definition) is 1. The molecule has 0 bridgehead atoms. The Balaban J connectivity index is 0. The van der Waals surface area contributed by atoms with Crippen LogP contribution in [0.5, 0.6) is 0 Å². The summed E-state index contributed by atoms with van der Waals surface area (Å²) in [5.41, 5.74) is 0. The molecule has 0 fully saturated rings. The van der Waals surface area contributed by atoms with Crippen LogP contribution in [0.25, 0.3) is 0 Å². The summed E-state index contributed by atoms with van der Waals surface area (Å²) < 4.78 is 0. The molecule has 0 aliphatic carbocycles. The molecular formula is C3H6FeO. The average molecular weight is 114 g/mol. The van der Waals surface area contributed by atoms with Gasteiger partial charge in [-0.1, -0.05) is 6.08 Å². The van der Waals surface area contributed by atoms with Gasteiger partial charge in [-0.2, -0.15) is 0 Å². The van der Waals surface area contributed by atoms with E-state index in [1.165, 1.54) is 6.08 Å². The first-order valence-corrected chi connectivity index (χ1v) is 1.13. The third-order valence-electron chi connectivity index (χ3n) is 0.129. The van der Waals surface area contributed by atoms with E-state index in [2.05, 4.69) is 6.58 Å². The van der Waals surface area contributed by atoms with E-state index in [1.54, 1.807) is 0 Å². The Morgan fingerprint density at radius 3 is 2.00 bits per heavy atom. The number of rotatable bonds is 1. The molecule has 0 aliphatic heterocycles. The zero-order chi connectivity index (χ0) is 3.41. The second kappa shape index (κ2) is 8.88. The van der Waals surface area contributed by atoms with Crippen LogP contribution in [0.1, 0.15) is 0 Å². The first kappa shape index (κ1) is 8.97. The summed E-state index contributed by atoms with van der Waals surface area (Å²) in [6, 6.07) is 0. The van der Waals surface area contributed by atoms with Crippen LogP contribution in [-0.4, -0.2) is 11.7 Å². The Bertz CT molecular complexity index is 20.9. The fourth-order valence-corrected chi connectivity index (χ4v) is 0. The van der Waals surface area contributed by atoms with E-state index in [9.17, 15) is 0 Å². The largest absolute Gasteiger partial charge is 0.392 e. The maximum Gasteiger partial charge on any atom is 0.0609 e. The molecule has 0 saturated heterocycles. The molecule has 0 atom stereocenters. The van der Waals surface area contributed by atoms with Crippen LogP contribution in [0.3, 0.4) is 0 Å². The van der Waals surface area contributed by atoms with Crippen LogP contribution in [-0.2, 0) is 17.1 Å². The van der Waals surface area contributed by atoms with Gasteiger partial charge in [-0.05, 0) is 0 Å². The Morgan fingerprint density at radius 2 is 2.00 bits per heavy atom. The first-order valence-electron chi connectivity index (χ1n) is 1.13. The molecule has 0 aromatic heterocycles. The third kappa shape index (κ3) is 14.0. The van der Waals surface area contributed by atoms with Crippen molar-refractivity contribution in [1.82, 2.24) is 0 Å². The van der Waals surface area contributed by atoms with Crippen molar-refractivity contribution in [2.24, 2.45) is 0 Å². The summed E-state index contributed by atoms with van der Waals surface area (Å²) in [6.45, 7) is 3.31. The average Bonchev–Trinajstić information content (AvgIpc) is 1.37. The van der Waals surface area contributed by atoms with Gasteiger partial charge in [0.25, 0.3) is 0 Å². The molecule has 0 rings (SSSR count). The molecule has 0 amide bonds. The van der Waals surface area contributed by atoms with Gasteiger partial charge in [0.1, 0.15) is 0 Å². The van der Waals surface area contributed by atoms with Crippen LogP contribution >= 0.6 is 0 Å². The van der Waals surface area contributed by atoms with Gasteiger partial charge in [-0.3, -0.25) is 0 Å². The van der Waals surface area contributed by atoms with E-state index < -0.39 is 0 Å². The summed E-state index contributed by atoms with van der Waals surface area (Å²) >= 11 is 0. The van der Waals surface area contributed by atoms with E-state index in [0.29, 0.717) is 0 Å². The summed E-state index contributed by atoms with van der Waals surface area (Å²) in [5.74, 6) is 0. The first-order chi connectivity index (χ1) is 1.91. The minimum atomic E-state index is 0. The molecule has 0 aromatic rings. The quantitative estimate of drug-likeness (QED) is 0.380. The molecular weight excluding hydrogens is 108 g/mol. The van der Waals surface area contributed by atoms with Crippen molar-refractivity contribution < 1.29 is 22.2 Å². The van der Waals surface area contributed by atoms with E-state index in [4.69, 9.17) is 5.11 Å². The van der Waals surface area contributed by atoms with Gasteiger partial charge in [0, 0.05) is 17.1 Å². The molecule has 0 unspecified atom stereocenters. The Labute approximate surface area is 42.2 Å². The predicted octanol–water partition coefficient (Wildman–Crippen LogP) is 0.162. The molecule has 0 radical (unpaired) electrons. The minimum Gasteiger partial charge on any atom is -0.392 e. The maximum absolute atomic E-state index is 7.76. The van der Waals surface area contributed by atoms with Crippen LogP contribution in [0.15, 0.2) is 12.7 Å². The minimum absolute atomic E-state index is 0. The smallest absolute Gasteiger partial charge is 0.0609 e. The second-order valence-electron chi connectivity index (χ2n) is 0.471. The Morgan fingerprint density at radius 1 is 1.80 bits per heavy atom. The van der Waals surface area contributed by atoms with E-state index >= 15 is 0 Å².